The predicted molar refractivity (Wildman–Crippen MR) is 136 cm³/mol. The third-order valence-corrected chi connectivity index (χ3v) is 5.87. The molecule has 1 fully saturated rings. The summed E-state index contributed by atoms with van der Waals surface area (Å²) in [6, 6.07) is 14.4. The minimum absolute atomic E-state index is 0.167. The van der Waals surface area contributed by atoms with Crippen LogP contribution in [0.5, 0.6) is 11.5 Å². The molecule has 0 radical (unpaired) electrons. The van der Waals surface area contributed by atoms with Crippen LogP contribution in [0, 0.1) is 0 Å². The lowest BCUT2D eigenvalue weighted by Crippen LogP contribution is -2.38. The zero-order chi connectivity index (χ0) is 24.0. The molecular weight excluding hydrogens is 502 g/mol. The average Bonchev–Trinajstić information content (AvgIpc) is 3.36. The third kappa shape index (κ3) is 10.3. The Morgan fingerprint density at radius 2 is 1.65 bits per heavy atom. The van der Waals surface area contributed by atoms with E-state index in [1.165, 1.54) is 12.8 Å². The van der Waals surface area contributed by atoms with E-state index in [1.807, 2.05) is 48.5 Å². The third-order valence-electron chi connectivity index (χ3n) is 5.34. The topological polar surface area (TPSA) is 101 Å². The van der Waals surface area contributed by atoms with Crippen molar-refractivity contribution in [3.63, 3.8) is 0 Å². The Kier molecular flexibility index (Phi) is 11.5. The van der Waals surface area contributed by atoms with Crippen LogP contribution in [0.2, 0.25) is 0 Å². The van der Waals surface area contributed by atoms with Crippen molar-refractivity contribution in [2.75, 3.05) is 44.8 Å². The van der Waals surface area contributed by atoms with Gasteiger partial charge in [0.2, 0.25) is 0 Å². The number of aliphatic hydroxyl groups is 1. The minimum Gasteiger partial charge on any atom is -0.491 e. The van der Waals surface area contributed by atoms with Crippen LogP contribution in [0.4, 0.5) is 10.5 Å². The van der Waals surface area contributed by atoms with Gasteiger partial charge in [-0.3, -0.25) is 0 Å². The van der Waals surface area contributed by atoms with Crippen molar-refractivity contribution in [3.8, 4) is 11.5 Å². The Bertz CT molecular complexity index is 845. The second kappa shape index (κ2) is 14.8. The van der Waals surface area contributed by atoms with Crippen LogP contribution >= 0.6 is 15.9 Å². The number of hydrogen-bond donors (Lipinski definition) is 4. The number of amides is 2. The fourth-order valence-electron chi connectivity index (χ4n) is 3.55. The van der Waals surface area contributed by atoms with Gasteiger partial charge in [-0.2, -0.15) is 0 Å². The SMILES string of the molecule is O=C(NCCNCC(O)COc1ccc(OCCOC2CCCC2)cc1)Nc1ccc(Br)cc1. The number of benzene rings is 2. The first-order valence-electron chi connectivity index (χ1n) is 11.7. The van der Waals surface area contributed by atoms with Gasteiger partial charge in [-0.05, 0) is 61.4 Å². The molecular formula is C25H34BrN3O5. The summed E-state index contributed by atoms with van der Waals surface area (Å²) in [6.45, 7) is 2.62. The Labute approximate surface area is 209 Å². The lowest BCUT2D eigenvalue weighted by molar-refractivity contribution is 0.0382. The van der Waals surface area contributed by atoms with E-state index >= 15 is 0 Å². The van der Waals surface area contributed by atoms with Gasteiger partial charge in [0.15, 0.2) is 0 Å². The fraction of sp³-hybridized carbons (Fsp3) is 0.480. The highest BCUT2D eigenvalue weighted by atomic mass is 79.9. The molecule has 0 spiro atoms. The summed E-state index contributed by atoms with van der Waals surface area (Å²) in [5.41, 5.74) is 0.717. The van der Waals surface area contributed by atoms with E-state index < -0.39 is 6.10 Å². The van der Waals surface area contributed by atoms with E-state index in [2.05, 4.69) is 31.9 Å². The molecule has 3 rings (SSSR count). The van der Waals surface area contributed by atoms with Crippen LogP contribution in [0.15, 0.2) is 53.0 Å². The highest BCUT2D eigenvalue weighted by molar-refractivity contribution is 9.10. The quantitative estimate of drug-likeness (QED) is 0.273. The molecule has 0 saturated heterocycles. The molecule has 1 aliphatic rings. The number of rotatable bonds is 14. The number of urea groups is 1. The summed E-state index contributed by atoms with van der Waals surface area (Å²) in [4.78, 5) is 11.9. The molecule has 0 aliphatic heterocycles. The van der Waals surface area contributed by atoms with Crippen molar-refractivity contribution in [1.29, 1.82) is 0 Å². The number of hydrogen-bond acceptors (Lipinski definition) is 6. The van der Waals surface area contributed by atoms with E-state index in [1.54, 1.807) is 0 Å². The van der Waals surface area contributed by atoms with Crippen molar-refractivity contribution in [1.82, 2.24) is 10.6 Å². The van der Waals surface area contributed by atoms with Crippen LogP contribution in [-0.4, -0.2) is 62.8 Å². The molecule has 2 aromatic carbocycles. The second-order valence-electron chi connectivity index (χ2n) is 8.15. The molecule has 0 bridgehead atoms. The largest absolute Gasteiger partial charge is 0.491 e. The van der Waals surface area contributed by atoms with Gasteiger partial charge in [-0.15, -0.1) is 0 Å². The number of carbonyl (C=O) groups is 1. The summed E-state index contributed by atoms with van der Waals surface area (Å²) < 4.78 is 18.1. The van der Waals surface area contributed by atoms with Crippen LogP contribution in [0.3, 0.4) is 0 Å². The molecule has 2 aromatic rings. The molecule has 1 unspecified atom stereocenters. The highest BCUT2D eigenvalue weighted by Crippen LogP contribution is 2.21. The molecule has 186 valence electrons. The van der Waals surface area contributed by atoms with Gasteiger partial charge < -0.3 is 35.3 Å². The van der Waals surface area contributed by atoms with Crippen molar-refractivity contribution >= 4 is 27.6 Å². The first-order chi connectivity index (χ1) is 16.6. The van der Waals surface area contributed by atoms with Crippen LogP contribution in [-0.2, 0) is 4.74 Å². The van der Waals surface area contributed by atoms with Crippen LogP contribution in [0.1, 0.15) is 25.7 Å². The molecule has 4 N–H and O–H groups in total. The van der Waals surface area contributed by atoms with Crippen molar-refractivity contribution < 1.29 is 24.1 Å². The maximum atomic E-state index is 11.9. The van der Waals surface area contributed by atoms with Gasteiger partial charge in [0, 0.05) is 29.8 Å². The zero-order valence-corrected chi connectivity index (χ0v) is 20.9. The summed E-state index contributed by atoms with van der Waals surface area (Å²) >= 11 is 3.35. The van der Waals surface area contributed by atoms with Gasteiger partial charge in [-0.25, -0.2) is 4.79 Å². The summed E-state index contributed by atoms with van der Waals surface area (Å²) in [7, 11) is 0. The highest BCUT2D eigenvalue weighted by Gasteiger charge is 2.14. The van der Waals surface area contributed by atoms with E-state index in [-0.39, 0.29) is 12.6 Å². The average molecular weight is 536 g/mol. The Morgan fingerprint density at radius 3 is 2.35 bits per heavy atom. The maximum absolute atomic E-state index is 11.9. The Balaban J connectivity index is 1.19. The van der Waals surface area contributed by atoms with Crippen LogP contribution in [0.25, 0.3) is 0 Å². The van der Waals surface area contributed by atoms with Crippen molar-refractivity contribution in [2.24, 2.45) is 0 Å². The minimum atomic E-state index is -0.666. The molecule has 0 aromatic heterocycles. The molecule has 34 heavy (non-hydrogen) atoms. The Morgan fingerprint density at radius 1 is 0.971 bits per heavy atom. The number of ether oxygens (including phenoxy) is 3. The van der Waals surface area contributed by atoms with Crippen molar-refractivity contribution in [2.45, 2.75) is 37.9 Å². The smallest absolute Gasteiger partial charge is 0.319 e. The fourth-order valence-corrected chi connectivity index (χ4v) is 3.82. The first-order valence-corrected chi connectivity index (χ1v) is 12.5. The second-order valence-corrected chi connectivity index (χ2v) is 9.07. The normalized spacial score (nSPS) is 14.5. The lowest BCUT2D eigenvalue weighted by Gasteiger charge is -2.14. The van der Waals surface area contributed by atoms with Gasteiger partial charge >= 0.3 is 6.03 Å². The van der Waals surface area contributed by atoms with Crippen LogP contribution < -0.4 is 25.4 Å². The van der Waals surface area contributed by atoms with Gasteiger partial charge in [0.25, 0.3) is 0 Å². The van der Waals surface area contributed by atoms with Gasteiger partial charge in [-0.1, -0.05) is 28.8 Å². The van der Waals surface area contributed by atoms with E-state index in [4.69, 9.17) is 14.2 Å². The number of aliphatic hydroxyl groups excluding tert-OH is 1. The Hall–Kier alpha value is -2.33. The van der Waals surface area contributed by atoms with Crippen molar-refractivity contribution in [3.05, 3.63) is 53.0 Å². The van der Waals surface area contributed by atoms with E-state index in [0.29, 0.717) is 50.4 Å². The van der Waals surface area contributed by atoms with Gasteiger partial charge in [0.1, 0.15) is 30.8 Å². The molecule has 0 heterocycles. The molecule has 8 nitrogen and oxygen atoms in total. The van der Waals surface area contributed by atoms with Gasteiger partial charge in [0.05, 0.1) is 12.7 Å². The first kappa shape index (κ1) is 26.3. The molecule has 1 atom stereocenters. The molecule has 2 amide bonds. The summed E-state index contributed by atoms with van der Waals surface area (Å²) in [6.07, 6.45) is 4.59. The maximum Gasteiger partial charge on any atom is 0.319 e. The lowest BCUT2D eigenvalue weighted by atomic mass is 10.3. The van der Waals surface area contributed by atoms with E-state index in [9.17, 15) is 9.90 Å². The predicted octanol–water partition coefficient (Wildman–Crippen LogP) is 3.94. The summed E-state index contributed by atoms with van der Waals surface area (Å²) in [5.74, 6) is 1.43. The molecule has 1 aliphatic carbocycles. The monoisotopic (exact) mass is 535 g/mol. The standard InChI is InChI=1S/C25H34BrN3O5/c26-19-5-7-20(8-6-19)29-25(31)28-14-13-27-17-21(30)18-34-24-11-9-23(10-12-24)33-16-15-32-22-3-1-2-4-22/h5-12,21-22,27,30H,1-4,13-18H2,(H2,28,29,31). The van der Waals surface area contributed by atoms with E-state index in [0.717, 1.165) is 23.1 Å². The zero-order valence-electron chi connectivity index (χ0n) is 19.3. The number of carbonyl (C=O) groups excluding carboxylic acids is 1. The molecule has 9 heteroatoms. The number of halogens is 1. The number of anilines is 1. The summed E-state index contributed by atoms with van der Waals surface area (Å²) in [5, 5.41) is 18.7. The number of nitrogens with one attached hydrogen (secondary N) is 3. The molecule has 1 saturated carbocycles.